The number of nitrogens with one attached hydrogen (secondary N) is 2. The van der Waals surface area contributed by atoms with Gasteiger partial charge in [0, 0.05) is 11.8 Å². The molecule has 2 aromatic carbocycles. The molecular weight excluding hydrogens is 352 g/mol. The fourth-order valence-electron chi connectivity index (χ4n) is 4.03. The van der Waals surface area contributed by atoms with Gasteiger partial charge >= 0.3 is 0 Å². The van der Waals surface area contributed by atoms with Crippen LogP contribution in [0.15, 0.2) is 66.1 Å². The Morgan fingerprint density at radius 3 is 2.50 bits per heavy atom. The second-order valence-electron chi connectivity index (χ2n) is 7.08. The molecule has 2 aliphatic rings. The standard InChI is InChI=1S/C22H24N4O2/c1-2-12-27-16-10-8-14(9-11-16)18-17(13-23)21(24)28-22-19(18)20(25-26-22)15-6-4-3-5-7-15/h3-11,18-20,22,25-26H,2,12,24H2,1H3. The minimum atomic E-state index is -0.316. The van der Waals surface area contributed by atoms with Gasteiger partial charge in [-0.2, -0.15) is 5.26 Å². The van der Waals surface area contributed by atoms with Crippen LogP contribution < -0.4 is 21.3 Å². The van der Waals surface area contributed by atoms with Crippen molar-refractivity contribution in [3.05, 3.63) is 77.2 Å². The van der Waals surface area contributed by atoms with Crippen molar-refractivity contribution in [3.63, 3.8) is 0 Å². The third kappa shape index (κ3) is 3.31. The maximum atomic E-state index is 9.81. The number of rotatable bonds is 5. The maximum Gasteiger partial charge on any atom is 0.200 e. The molecule has 1 fully saturated rings. The molecule has 2 aliphatic heterocycles. The predicted molar refractivity (Wildman–Crippen MR) is 106 cm³/mol. The van der Waals surface area contributed by atoms with E-state index in [1.165, 1.54) is 0 Å². The van der Waals surface area contributed by atoms with E-state index in [9.17, 15) is 5.26 Å². The van der Waals surface area contributed by atoms with E-state index in [0.29, 0.717) is 12.2 Å². The Morgan fingerprint density at radius 2 is 1.82 bits per heavy atom. The molecule has 2 aromatic rings. The highest BCUT2D eigenvalue weighted by Gasteiger charge is 2.49. The fraction of sp³-hybridized carbons (Fsp3) is 0.318. The second-order valence-corrected chi connectivity index (χ2v) is 7.08. The molecule has 1 saturated heterocycles. The third-order valence-corrected chi connectivity index (χ3v) is 5.32. The zero-order chi connectivity index (χ0) is 19.5. The molecule has 0 bridgehead atoms. The van der Waals surface area contributed by atoms with Crippen molar-refractivity contribution in [1.29, 1.82) is 5.26 Å². The number of benzene rings is 2. The molecule has 0 radical (unpaired) electrons. The molecule has 0 amide bonds. The van der Waals surface area contributed by atoms with Crippen LogP contribution in [0.1, 0.15) is 36.4 Å². The highest BCUT2D eigenvalue weighted by molar-refractivity contribution is 5.44. The van der Waals surface area contributed by atoms with Crippen LogP contribution in [0.4, 0.5) is 0 Å². The number of fused-ring (bicyclic) bond motifs is 1. The van der Waals surface area contributed by atoms with Gasteiger partial charge in [0.2, 0.25) is 5.88 Å². The van der Waals surface area contributed by atoms with Crippen molar-refractivity contribution in [2.45, 2.75) is 31.5 Å². The molecule has 144 valence electrons. The summed E-state index contributed by atoms with van der Waals surface area (Å²) >= 11 is 0. The number of allylic oxidation sites excluding steroid dienone is 1. The average molecular weight is 376 g/mol. The van der Waals surface area contributed by atoms with E-state index in [4.69, 9.17) is 15.2 Å². The first-order chi connectivity index (χ1) is 13.7. The molecular formula is C22H24N4O2. The van der Waals surface area contributed by atoms with Gasteiger partial charge in [-0.1, -0.05) is 49.4 Å². The molecule has 6 nitrogen and oxygen atoms in total. The minimum absolute atomic E-state index is 0.0105. The number of nitrogens with two attached hydrogens (primary N) is 1. The van der Waals surface area contributed by atoms with Crippen LogP contribution in [0.3, 0.4) is 0 Å². The lowest BCUT2D eigenvalue weighted by Crippen LogP contribution is -2.40. The molecule has 4 unspecified atom stereocenters. The number of nitriles is 1. The summed E-state index contributed by atoms with van der Waals surface area (Å²) in [5.74, 6) is 0.804. The van der Waals surface area contributed by atoms with Crippen LogP contribution in [0.25, 0.3) is 0 Å². The van der Waals surface area contributed by atoms with Gasteiger partial charge in [0.1, 0.15) is 11.8 Å². The van der Waals surface area contributed by atoms with Crippen LogP contribution in [0.5, 0.6) is 5.75 Å². The van der Waals surface area contributed by atoms with Gasteiger partial charge in [-0.25, -0.2) is 10.9 Å². The fourth-order valence-corrected chi connectivity index (χ4v) is 4.03. The van der Waals surface area contributed by atoms with Gasteiger partial charge in [-0.15, -0.1) is 0 Å². The monoisotopic (exact) mass is 376 g/mol. The SMILES string of the molecule is CCCOc1ccc(C2C(C#N)=C(N)OC3NNC(c4ccccc4)C32)cc1. The Morgan fingerprint density at radius 1 is 1.07 bits per heavy atom. The summed E-state index contributed by atoms with van der Waals surface area (Å²) in [5.41, 5.74) is 15.2. The van der Waals surface area contributed by atoms with Crippen molar-refractivity contribution in [2.24, 2.45) is 11.7 Å². The van der Waals surface area contributed by atoms with Crippen LogP contribution in [-0.2, 0) is 4.74 Å². The lowest BCUT2D eigenvalue weighted by molar-refractivity contribution is 0.0340. The van der Waals surface area contributed by atoms with Crippen molar-refractivity contribution in [3.8, 4) is 11.8 Å². The Labute approximate surface area is 164 Å². The normalized spacial score (nSPS) is 26.3. The molecule has 4 rings (SSSR count). The lowest BCUT2D eigenvalue weighted by Gasteiger charge is -2.36. The Kier molecular flexibility index (Phi) is 5.20. The van der Waals surface area contributed by atoms with E-state index in [-0.39, 0.29) is 30.0 Å². The van der Waals surface area contributed by atoms with Gasteiger partial charge in [0.25, 0.3) is 0 Å². The summed E-state index contributed by atoms with van der Waals surface area (Å²) in [7, 11) is 0. The van der Waals surface area contributed by atoms with Crippen LogP contribution in [0.2, 0.25) is 0 Å². The molecule has 28 heavy (non-hydrogen) atoms. The minimum Gasteiger partial charge on any atom is -0.494 e. The summed E-state index contributed by atoms with van der Waals surface area (Å²) in [6.07, 6.45) is 0.641. The number of hydrogen-bond donors (Lipinski definition) is 3. The van der Waals surface area contributed by atoms with Crippen molar-refractivity contribution >= 4 is 0 Å². The molecule has 0 saturated carbocycles. The lowest BCUT2D eigenvalue weighted by atomic mass is 9.74. The van der Waals surface area contributed by atoms with E-state index in [2.05, 4.69) is 36.0 Å². The number of nitrogens with zero attached hydrogens (tertiary/aromatic N) is 1. The quantitative estimate of drug-likeness (QED) is 0.743. The van der Waals surface area contributed by atoms with Crippen molar-refractivity contribution in [1.82, 2.24) is 10.9 Å². The number of hydrogen-bond acceptors (Lipinski definition) is 6. The summed E-state index contributed by atoms with van der Waals surface area (Å²) in [6, 6.07) is 20.4. The van der Waals surface area contributed by atoms with E-state index in [0.717, 1.165) is 23.3 Å². The van der Waals surface area contributed by atoms with Gasteiger partial charge in [0.05, 0.1) is 18.2 Å². The van der Waals surface area contributed by atoms with E-state index in [1.807, 2.05) is 42.5 Å². The first-order valence-electron chi connectivity index (χ1n) is 9.58. The molecule has 2 heterocycles. The van der Waals surface area contributed by atoms with Gasteiger partial charge in [-0.3, -0.25) is 0 Å². The maximum absolute atomic E-state index is 9.81. The van der Waals surface area contributed by atoms with Crippen LogP contribution in [-0.4, -0.2) is 12.8 Å². The second kappa shape index (κ2) is 7.93. The van der Waals surface area contributed by atoms with Gasteiger partial charge in [0.15, 0.2) is 6.23 Å². The smallest absolute Gasteiger partial charge is 0.200 e. The van der Waals surface area contributed by atoms with E-state index in [1.54, 1.807) is 0 Å². The molecule has 4 atom stereocenters. The summed E-state index contributed by atoms with van der Waals surface area (Å²) in [6.45, 7) is 2.76. The highest BCUT2D eigenvalue weighted by atomic mass is 16.5. The number of ether oxygens (including phenoxy) is 2. The topological polar surface area (TPSA) is 92.3 Å². The summed E-state index contributed by atoms with van der Waals surface area (Å²) < 4.78 is 11.5. The molecule has 0 aliphatic carbocycles. The largest absolute Gasteiger partial charge is 0.494 e. The van der Waals surface area contributed by atoms with Crippen LogP contribution in [0, 0.1) is 17.2 Å². The van der Waals surface area contributed by atoms with Gasteiger partial charge < -0.3 is 15.2 Å². The van der Waals surface area contributed by atoms with E-state index < -0.39 is 0 Å². The molecule has 0 aromatic heterocycles. The van der Waals surface area contributed by atoms with Gasteiger partial charge in [-0.05, 0) is 29.7 Å². The number of hydrazine groups is 1. The Bertz CT molecular complexity index is 889. The Balaban J connectivity index is 1.72. The average Bonchev–Trinajstić information content (AvgIpc) is 3.15. The Hall–Kier alpha value is -3.01. The first kappa shape index (κ1) is 18.4. The molecule has 0 spiro atoms. The van der Waals surface area contributed by atoms with E-state index >= 15 is 0 Å². The summed E-state index contributed by atoms with van der Waals surface area (Å²) in [5, 5.41) is 9.81. The molecule has 6 heteroatoms. The van der Waals surface area contributed by atoms with Crippen molar-refractivity contribution in [2.75, 3.05) is 6.61 Å². The summed E-state index contributed by atoms with van der Waals surface area (Å²) in [4.78, 5) is 0. The zero-order valence-corrected chi connectivity index (χ0v) is 15.8. The highest BCUT2D eigenvalue weighted by Crippen LogP contribution is 2.47. The first-order valence-corrected chi connectivity index (χ1v) is 9.58. The van der Waals surface area contributed by atoms with Crippen LogP contribution >= 0.6 is 0 Å². The predicted octanol–water partition coefficient (Wildman–Crippen LogP) is 3.07. The molecule has 4 N–H and O–H groups in total. The van der Waals surface area contributed by atoms with Crippen molar-refractivity contribution < 1.29 is 9.47 Å². The zero-order valence-electron chi connectivity index (χ0n) is 15.8. The third-order valence-electron chi connectivity index (χ3n) is 5.32.